The summed E-state index contributed by atoms with van der Waals surface area (Å²) in [4.78, 5) is 2.18. The maximum atomic E-state index is 6.28. The molecule has 2 aromatic rings. The van der Waals surface area contributed by atoms with Crippen molar-refractivity contribution in [2.45, 2.75) is 22.8 Å². The largest absolute Gasteiger partial charge is 0.324 e. The Balaban J connectivity index is 2.28. The van der Waals surface area contributed by atoms with E-state index in [1.54, 1.807) is 11.8 Å². The lowest BCUT2D eigenvalue weighted by molar-refractivity contribution is 0.817. The van der Waals surface area contributed by atoms with Crippen molar-refractivity contribution in [3.8, 4) is 0 Å². The second kappa shape index (κ2) is 6.11. The molecule has 2 aromatic carbocycles. The van der Waals surface area contributed by atoms with Crippen LogP contribution >= 0.6 is 39.3 Å². The van der Waals surface area contributed by atoms with Crippen LogP contribution in [0.4, 0.5) is 0 Å². The fraction of sp³-hybridized carbons (Fsp3) is 0.143. The molecule has 94 valence electrons. The van der Waals surface area contributed by atoms with Crippen LogP contribution in [0.2, 0.25) is 5.02 Å². The monoisotopic (exact) mass is 341 g/mol. The van der Waals surface area contributed by atoms with Crippen LogP contribution in [0, 0.1) is 0 Å². The molecule has 0 amide bonds. The number of hydrogen-bond acceptors (Lipinski definition) is 2. The summed E-state index contributed by atoms with van der Waals surface area (Å²) in [6.07, 6.45) is 0. The number of hydrogen-bond donors (Lipinski definition) is 1. The van der Waals surface area contributed by atoms with Crippen molar-refractivity contribution in [3.63, 3.8) is 0 Å². The van der Waals surface area contributed by atoms with Crippen molar-refractivity contribution in [3.05, 3.63) is 57.5 Å². The van der Waals surface area contributed by atoms with E-state index >= 15 is 0 Å². The maximum Gasteiger partial charge on any atom is 0.0548 e. The lowest BCUT2D eigenvalue weighted by Crippen LogP contribution is -2.04. The molecule has 0 aliphatic rings. The summed E-state index contributed by atoms with van der Waals surface area (Å²) in [6.45, 7) is 1.95. The molecule has 0 aliphatic carbocycles. The van der Waals surface area contributed by atoms with Crippen LogP contribution in [0.5, 0.6) is 0 Å². The highest BCUT2D eigenvalue weighted by atomic mass is 79.9. The first-order valence-corrected chi connectivity index (χ1v) is 7.54. The lowest BCUT2D eigenvalue weighted by atomic mass is 10.1. The molecule has 0 aliphatic heterocycles. The topological polar surface area (TPSA) is 26.0 Å². The maximum absolute atomic E-state index is 6.28. The standard InChI is InChI=1S/C14H13BrClNS/c1-9(17)10-6-7-14(12(16)8-10)18-13-5-3-2-4-11(13)15/h2-9H,17H2,1H3/t9-/m0/s1. The van der Waals surface area contributed by atoms with Crippen molar-refractivity contribution in [1.29, 1.82) is 0 Å². The highest BCUT2D eigenvalue weighted by Gasteiger charge is 2.08. The molecule has 2 rings (SSSR count). The van der Waals surface area contributed by atoms with Crippen LogP contribution in [-0.2, 0) is 0 Å². The Hall–Kier alpha value is -0.480. The van der Waals surface area contributed by atoms with E-state index in [0.717, 1.165) is 24.8 Å². The molecule has 18 heavy (non-hydrogen) atoms. The van der Waals surface area contributed by atoms with Crippen molar-refractivity contribution in [2.24, 2.45) is 5.73 Å². The van der Waals surface area contributed by atoms with Gasteiger partial charge in [-0.1, -0.05) is 41.6 Å². The summed E-state index contributed by atoms with van der Waals surface area (Å²) in [5.74, 6) is 0. The third-order valence-electron chi connectivity index (χ3n) is 2.54. The highest BCUT2D eigenvalue weighted by Crippen LogP contribution is 2.37. The van der Waals surface area contributed by atoms with Gasteiger partial charge >= 0.3 is 0 Å². The Morgan fingerprint density at radius 2 is 1.89 bits per heavy atom. The van der Waals surface area contributed by atoms with E-state index in [4.69, 9.17) is 17.3 Å². The summed E-state index contributed by atoms with van der Waals surface area (Å²) in [7, 11) is 0. The van der Waals surface area contributed by atoms with Crippen LogP contribution < -0.4 is 5.73 Å². The van der Waals surface area contributed by atoms with Gasteiger partial charge in [-0.2, -0.15) is 0 Å². The highest BCUT2D eigenvalue weighted by molar-refractivity contribution is 9.10. The van der Waals surface area contributed by atoms with Crippen molar-refractivity contribution in [2.75, 3.05) is 0 Å². The number of halogens is 2. The van der Waals surface area contributed by atoms with Gasteiger partial charge in [0.1, 0.15) is 0 Å². The van der Waals surface area contributed by atoms with Gasteiger partial charge in [0.05, 0.1) is 5.02 Å². The summed E-state index contributed by atoms with van der Waals surface area (Å²) < 4.78 is 1.07. The molecule has 0 radical (unpaired) electrons. The molecule has 0 unspecified atom stereocenters. The molecule has 4 heteroatoms. The molecule has 0 aromatic heterocycles. The van der Waals surface area contributed by atoms with E-state index in [2.05, 4.69) is 22.0 Å². The van der Waals surface area contributed by atoms with Gasteiger partial charge in [-0.25, -0.2) is 0 Å². The van der Waals surface area contributed by atoms with Gasteiger partial charge in [0.2, 0.25) is 0 Å². The second-order valence-corrected chi connectivity index (χ2v) is 6.36. The fourth-order valence-electron chi connectivity index (χ4n) is 1.53. The molecule has 0 bridgehead atoms. The van der Waals surface area contributed by atoms with Gasteiger partial charge < -0.3 is 5.73 Å². The van der Waals surface area contributed by atoms with Crippen LogP contribution in [0.25, 0.3) is 0 Å². The van der Waals surface area contributed by atoms with Crippen LogP contribution in [0.15, 0.2) is 56.7 Å². The molecule has 0 fully saturated rings. The average Bonchev–Trinajstić information content (AvgIpc) is 2.34. The molecular formula is C14H13BrClNS. The van der Waals surface area contributed by atoms with Gasteiger partial charge in [0, 0.05) is 20.3 Å². The number of nitrogens with two attached hydrogens (primary N) is 1. The van der Waals surface area contributed by atoms with Gasteiger partial charge in [-0.3, -0.25) is 0 Å². The molecule has 2 N–H and O–H groups in total. The first-order valence-electron chi connectivity index (χ1n) is 5.55. The van der Waals surface area contributed by atoms with E-state index in [9.17, 15) is 0 Å². The van der Waals surface area contributed by atoms with Crippen LogP contribution in [0.1, 0.15) is 18.5 Å². The molecule has 0 saturated heterocycles. The average molecular weight is 343 g/mol. The third kappa shape index (κ3) is 3.29. The van der Waals surface area contributed by atoms with Gasteiger partial charge in [0.25, 0.3) is 0 Å². The Labute approximate surface area is 125 Å². The zero-order valence-electron chi connectivity index (χ0n) is 9.86. The molecule has 1 nitrogen and oxygen atoms in total. The zero-order chi connectivity index (χ0) is 13.1. The minimum absolute atomic E-state index is 0.00464. The zero-order valence-corrected chi connectivity index (χ0v) is 13.0. The van der Waals surface area contributed by atoms with Gasteiger partial charge in [-0.15, -0.1) is 0 Å². The molecular weight excluding hydrogens is 330 g/mol. The summed E-state index contributed by atoms with van der Waals surface area (Å²) in [5, 5.41) is 0.741. The van der Waals surface area contributed by atoms with Crippen molar-refractivity contribution in [1.82, 2.24) is 0 Å². The molecule has 0 spiro atoms. The molecule has 0 saturated carbocycles. The number of rotatable bonds is 3. The first-order chi connectivity index (χ1) is 8.58. The fourth-order valence-corrected chi connectivity index (χ4v) is 3.20. The Kier molecular flexibility index (Phi) is 4.73. The quantitative estimate of drug-likeness (QED) is 0.822. The van der Waals surface area contributed by atoms with Crippen molar-refractivity contribution < 1.29 is 0 Å². The summed E-state index contributed by atoms with van der Waals surface area (Å²) in [6, 6.07) is 14.1. The van der Waals surface area contributed by atoms with E-state index in [-0.39, 0.29) is 6.04 Å². The summed E-state index contributed by atoms with van der Waals surface area (Å²) in [5.41, 5.74) is 6.89. The van der Waals surface area contributed by atoms with E-state index < -0.39 is 0 Å². The predicted octanol–water partition coefficient (Wildman–Crippen LogP) is 5.27. The smallest absolute Gasteiger partial charge is 0.0548 e. The van der Waals surface area contributed by atoms with Crippen LogP contribution in [-0.4, -0.2) is 0 Å². The minimum Gasteiger partial charge on any atom is -0.324 e. The van der Waals surface area contributed by atoms with Crippen LogP contribution in [0.3, 0.4) is 0 Å². The Morgan fingerprint density at radius 3 is 2.50 bits per heavy atom. The van der Waals surface area contributed by atoms with E-state index in [1.165, 1.54) is 0 Å². The molecule has 1 atom stereocenters. The lowest BCUT2D eigenvalue weighted by Gasteiger charge is -2.10. The SMILES string of the molecule is C[C@H](N)c1ccc(Sc2ccccc2Br)c(Cl)c1. The Bertz CT molecular complexity index is 557. The normalized spacial score (nSPS) is 12.4. The predicted molar refractivity (Wildman–Crippen MR) is 82.3 cm³/mol. The Morgan fingerprint density at radius 1 is 1.17 bits per heavy atom. The summed E-state index contributed by atoms with van der Waals surface area (Å²) >= 11 is 11.5. The first kappa shape index (κ1) is 13.9. The second-order valence-electron chi connectivity index (χ2n) is 4.01. The third-order valence-corrected chi connectivity index (χ3v) is 5.07. The van der Waals surface area contributed by atoms with Gasteiger partial charge in [0.15, 0.2) is 0 Å². The molecule has 0 heterocycles. The minimum atomic E-state index is 0.00464. The van der Waals surface area contributed by atoms with Crippen molar-refractivity contribution >= 4 is 39.3 Å². The van der Waals surface area contributed by atoms with Gasteiger partial charge in [-0.05, 0) is 52.7 Å². The van der Waals surface area contributed by atoms with E-state index in [1.807, 2.05) is 43.3 Å². The van der Waals surface area contributed by atoms with E-state index in [0.29, 0.717) is 0 Å². The number of benzene rings is 2.